The first-order chi connectivity index (χ1) is 13.6. The van der Waals surface area contributed by atoms with Crippen molar-refractivity contribution in [1.29, 1.82) is 0 Å². The number of hydrogen-bond donors (Lipinski definition) is 1. The molecule has 2 aromatic rings. The van der Waals surface area contributed by atoms with Gasteiger partial charge in [0.1, 0.15) is 5.75 Å². The first-order valence-corrected chi connectivity index (χ1v) is 9.97. The Balaban J connectivity index is 1.40. The van der Waals surface area contributed by atoms with Gasteiger partial charge in [-0.15, -0.1) is 0 Å². The lowest BCUT2D eigenvalue weighted by Gasteiger charge is -2.27. The molecule has 2 aromatic carbocycles. The fourth-order valence-electron chi connectivity index (χ4n) is 3.33. The molecule has 1 saturated heterocycles. The summed E-state index contributed by atoms with van der Waals surface area (Å²) in [6, 6.07) is 15.8. The van der Waals surface area contributed by atoms with E-state index in [-0.39, 0.29) is 11.8 Å². The number of ether oxygens (including phenoxy) is 1. The van der Waals surface area contributed by atoms with E-state index in [0.29, 0.717) is 32.4 Å². The molecule has 1 aliphatic rings. The normalized spacial score (nSPS) is 14.0. The van der Waals surface area contributed by atoms with Gasteiger partial charge in [-0.1, -0.05) is 24.3 Å². The highest BCUT2D eigenvalue weighted by Gasteiger charge is 2.19. The molecule has 0 bridgehead atoms. The van der Waals surface area contributed by atoms with Crippen molar-refractivity contribution in [3.63, 3.8) is 0 Å². The standard InChI is InChI=1S/C23H28N2O3/c1-18-7-4-10-21(15-18)28-14-6-11-22(26)24-17-19-8-5-9-20(16-19)25-13-3-2-12-23(25)27/h4-5,7-10,15-16H,2-3,6,11-14,17H2,1H3,(H,24,26). The quantitative estimate of drug-likeness (QED) is 0.705. The van der Waals surface area contributed by atoms with Crippen LogP contribution < -0.4 is 15.0 Å². The second-order valence-electron chi connectivity index (χ2n) is 7.22. The predicted octanol–water partition coefficient (Wildman–Crippen LogP) is 3.99. The summed E-state index contributed by atoms with van der Waals surface area (Å²) >= 11 is 0. The van der Waals surface area contributed by atoms with Gasteiger partial charge in [0, 0.05) is 31.6 Å². The number of amides is 2. The summed E-state index contributed by atoms with van der Waals surface area (Å²) < 4.78 is 5.68. The average Bonchev–Trinajstić information content (AvgIpc) is 2.70. The van der Waals surface area contributed by atoms with Gasteiger partial charge in [-0.05, 0) is 61.6 Å². The Hall–Kier alpha value is -2.82. The number of hydrogen-bond acceptors (Lipinski definition) is 3. The molecule has 1 N–H and O–H groups in total. The van der Waals surface area contributed by atoms with Crippen LogP contribution in [0.25, 0.3) is 0 Å². The zero-order chi connectivity index (χ0) is 19.8. The molecule has 28 heavy (non-hydrogen) atoms. The minimum atomic E-state index is 0.00675. The maximum atomic E-state index is 12.1. The van der Waals surface area contributed by atoms with Crippen molar-refractivity contribution in [2.24, 2.45) is 0 Å². The summed E-state index contributed by atoms with van der Waals surface area (Å²) in [5, 5.41) is 2.95. The fourth-order valence-corrected chi connectivity index (χ4v) is 3.33. The zero-order valence-corrected chi connectivity index (χ0v) is 16.4. The van der Waals surface area contributed by atoms with E-state index in [9.17, 15) is 9.59 Å². The monoisotopic (exact) mass is 380 g/mol. The number of rotatable bonds is 8. The summed E-state index contributed by atoms with van der Waals surface area (Å²) in [7, 11) is 0. The van der Waals surface area contributed by atoms with E-state index >= 15 is 0 Å². The molecule has 3 rings (SSSR count). The number of nitrogens with one attached hydrogen (secondary N) is 1. The Morgan fingerprint density at radius 1 is 1.14 bits per heavy atom. The van der Waals surface area contributed by atoms with Crippen LogP contribution in [0.5, 0.6) is 5.75 Å². The zero-order valence-electron chi connectivity index (χ0n) is 16.4. The molecular weight excluding hydrogens is 352 g/mol. The predicted molar refractivity (Wildman–Crippen MR) is 110 cm³/mol. The minimum Gasteiger partial charge on any atom is -0.494 e. The Labute approximate surface area is 166 Å². The summed E-state index contributed by atoms with van der Waals surface area (Å²) in [5.41, 5.74) is 3.08. The van der Waals surface area contributed by atoms with Crippen molar-refractivity contribution in [1.82, 2.24) is 5.32 Å². The van der Waals surface area contributed by atoms with E-state index in [1.54, 1.807) is 0 Å². The maximum Gasteiger partial charge on any atom is 0.226 e. The third kappa shape index (κ3) is 5.84. The van der Waals surface area contributed by atoms with Crippen LogP contribution in [0.3, 0.4) is 0 Å². The van der Waals surface area contributed by atoms with Crippen molar-refractivity contribution >= 4 is 17.5 Å². The van der Waals surface area contributed by atoms with Gasteiger partial charge >= 0.3 is 0 Å². The van der Waals surface area contributed by atoms with Crippen LogP contribution in [0.4, 0.5) is 5.69 Å². The molecule has 0 radical (unpaired) electrons. The Morgan fingerprint density at radius 3 is 2.82 bits per heavy atom. The molecule has 0 atom stereocenters. The van der Waals surface area contributed by atoms with E-state index in [4.69, 9.17) is 4.74 Å². The summed E-state index contributed by atoms with van der Waals surface area (Å²) in [4.78, 5) is 26.0. The third-order valence-corrected chi connectivity index (χ3v) is 4.84. The van der Waals surface area contributed by atoms with Gasteiger partial charge in [-0.25, -0.2) is 0 Å². The summed E-state index contributed by atoms with van der Waals surface area (Å²) in [6.45, 7) is 3.78. The molecule has 148 valence electrons. The molecule has 2 amide bonds. The van der Waals surface area contributed by atoms with E-state index in [1.165, 1.54) is 0 Å². The second-order valence-corrected chi connectivity index (χ2v) is 7.22. The number of benzene rings is 2. The van der Waals surface area contributed by atoms with E-state index in [0.717, 1.165) is 42.0 Å². The highest BCUT2D eigenvalue weighted by molar-refractivity contribution is 5.94. The van der Waals surface area contributed by atoms with Crippen molar-refractivity contribution in [3.8, 4) is 5.75 Å². The van der Waals surface area contributed by atoms with Gasteiger partial charge in [-0.2, -0.15) is 0 Å². The topological polar surface area (TPSA) is 58.6 Å². The van der Waals surface area contributed by atoms with Gasteiger partial charge < -0.3 is 15.0 Å². The van der Waals surface area contributed by atoms with Gasteiger partial charge in [0.25, 0.3) is 0 Å². The maximum absolute atomic E-state index is 12.1. The highest BCUT2D eigenvalue weighted by atomic mass is 16.5. The lowest BCUT2D eigenvalue weighted by atomic mass is 10.1. The van der Waals surface area contributed by atoms with Crippen molar-refractivity contribution in [2.75, 3.05) is 18.1 Å². The molecule has 5 heteroatoms. The van der Waals surface area contributed by atoms with Crippen LogP contribution in [0.2, 0.25) is 0 Å². The highest BCUT2D eigenvalue weighted by Crippen LogP contribution is 2.22. The minimum absolute atomic E-state index is 0.00675. The SMILES string of the molecule is Cc1cccc(OCCCC(=O)NCc2cccc(N3CCCCC3=O)c2)c1. The third-order valence-electron chi connectivity index (χ3n) is 4.84. The molecule has 5 nitrogen and oxygen atoms in total. The number of nitrogens with zero attached hydrogens (tertiary/aromatic N) is 1. The van der Waals surface area contributed by atoms with Gasteiger partial charge in [-0.3, -0.25) is 9.59 Å². The van der Waals surface area contributed by atoms with Gasteiger partial charge in [0.05, 0.1) is 6.61 Å². The molecule has 1 heterocycles. The smallest absolute Gasteiger partial charge is 0.226 e. The van der Waals surface area contributed by atoms with E-state index in [2.05, 4.69) is 5.32 Å². The Kier molecular flexibility index (Phi) is 7.06. The van der Waals surface area contributed by atoms with Crippen LogP contribution in [0, 0.1) is 6.92 Å². The first-order valence-electron chi connectivity index (χ1n) is 9.97. The Morgan fingerprint density at radius 2 is 2.00 bits per heavy atom. The van der Waals surface area contributed by atoms with E-state index in [1.807, 2.05) is 60.4 Å². The molecule has 0 aliphatic carbocycles. The number of carbonyl (C=O) groups is 2. The molecule has 0 unspecified atom stereocenters. The molecular formula is C23H28N2O3. The van der Waals surface area contributed by atoms with Crippen molar-refractivity contribution in [3.05, 3.63) is 59.7 Å². The molecule has 1 fully saturated rings. The lowest BCUT2D eigenvalue weighted by molar-refractivity contribution is -0.121. The first kappa shape index (κ1) is 19.9. The Bertz CT molecular complexity index is 819. The van der Waals surface area contributed by atoms with Crippen LogP contribution in [0.1, 0.15) is 43.2 Å². The molecule has 0 saturated carbocycles. The van der Waals surface area contributed by atoms with Crippen LogP contribution >= 0.6 is 0 Å². The molecule has 0 aromatic heterocycles. The average molecular weight is 380 g/mol. The summed E-state index contributed by atoms with van der Waals surface area (Å²) in [5.74, 6) is 1.03. The van der Waals surface area contributed by atoms with Gasteiger partial charge in [0.2, 0.25) is 11.8 Å². The largest absolute Gasteiger partial charge is 0.494 e. The lowest BCUT2D eigenvalue weighted by Crippen LogP contribution is -2.35. The summed E-state index contributed by atoms with van der Waals surface area (Å²) in [6.07, 6.45) is 3.72. The second kappa shape index (κ2) is 9.93. The van der Waals surface area contributed by atoms with Crippen LogP contribution in [0.15, 0.2) is 48.5 Å². The van der Waals surface area contributed by atoms with Crippen LogP contribution in [-0.4, -0.2) is 25.0 Å². The van der Waals surface area contributed by atoms with Gasteiger partial charge in [0.15, 0.2) is 0 Å². The number of anilines is 1. The molecule has 1 aliphatic heterocycles. The van der Waals surface area contributed by atoms with Crippen molar-refractivity contribution < 1.29 is 14.3 Å². The molecule has 0 spiro atoms. The van der Waals surface area contributed by atoms with Crippen molar-refractivity contribution in [2.45, 2.75) is 45.6 Å². The van der Waals surface area contributed by atoms with Crippen LogP contribution in [-0.2, 0) is 16.1 Å². The van der Waals surface area contributed by atoms with E-state index < -0.39 is 0 Å². The fraction of sp³-hybridized carbons (Fsp3) is 0.391. The number of aryl methyl sites for hydroxylation is 1. The number of piperidine rings is 1. The number of carbonyl (C=O) groups excluding carboxylic acids is 2.